The van der Waals surface area contributed by atoms with E-state index in [9.17, 15) is 4.79 Å². The number of morpholine rings is 1. The molecule has 1 fully saturated rings. The fraction of sp³-hybridized carbons (Fsp3) is 0.250. The van der Waals surface area contributed by atoms with Crippen molar-refractivity contribution < 1.29 is 19.0 Å². The zero-order valence-electron chi connectivity index (χ0n) is 19.0. The third-order valence-electron chi connectivity index (χ3n) is 5.93. The van der Waals surface area contributed by atoms with Crippen molar-refractivity contribution in [3.8, 4) is 22.9 Å². The molecule has 0 radical (unpaired) electrons. The van der Waals surface area contributed by atoms with Gasteiger partial charge in [-0.25, -0.2) is 15.0 Å². The predicted octanol–water partition coefficient (Wildman–Crippen LogP) is 2.71. The lowest BCUT2D eigenvalue weighted by Crippen LogP contribution is -2.36. The number of benzene rings is 1. The summed E-state index contributed by atoms with van der Waals surface area (Å²) in [5.41, 5.74) is 4.42. The van der Waals surface area contributed by atoms with E-state index < -0.39 is 0 Å². The SMILES string of the molecule is COc1cc(Nc2nc(-c3cnc4c(c3)NC(=O)CO4)cn3ccnc23)ccc1N1CCOCC1. The van der Waals surface area contributed by atoms with Crippen LogP contribution in [0.25, 0.3) is 16.9 Å². The quantitative estimate of drug-likeness (QED) is 0.451. The van der Waals surface area contributed by atoms with Crippen LogP contribution in [-0.2, 0) is 9.53 Å². The van der Waals surface area contributed by atoms with Crippen molar-refractivity contribution in [2.24, 2.45) is 0 Å². The van der Waals surface area contributed by atoms with Gasteiger partial charge in [0.05, 0.1) is 31.7 Å². The predicted molar refractivity (Wildman–Crippen MR) is 130 cm³/mol. The van der Waals surface area contributed by atoms with E-state index in [0.717, 1.165) is 35.8 Å². The number of hydrogen-bond acceptors (Lipinski definition) is 9. The van der Waals surface area contributed by atoms with Gasteiger partial charge in [-0.2, -0.15) is 0 Å². The standard InChI is InChI=1S/C24H23N7O4/c1-33-20-11-16(2-3-19(20)30-6-8-34-9-7-30)27-22-23-25-4-5-31(23)13-18(29-22)15-10-17-24(26-12-15)35-14-21(32)28-17/h2-5,10-13H,6-9,14H2,1H3,(H,27,29)(H,28,32). The Balaban J connectivity index is 1.35. The molecule has 1 amide bonds. The number of fused-ring (bicyclic) bond motifs is 2. The molecule has 0 spiro atoms. The zero-order valence-corrected chi connectivity index (χ0v) is 19.0. The second-order valence-electron chi connectivity index (χ2n) is 8.16. The van der Waals surface area contributed by atoms with Gasteiger partial charge in [0.1, 0.15) is 11.4 Å². The first-order valence-electron chi connectivity index (χ1n) is 11.2. The van der Waals surface area contributed by atoms with Crippen molar-refractivity contribution in [3.63, 3.8) is 0 Å². The molecule has 35 heavy (non-hydrogen) atoms. The zero-order chi connectivity index (χ0) is 23.8. The molecule has 0 saturated carbocycles. The van der Waals surface area contributed by atoms with E-state index in [0.29, 0.717) is 41.9 Å². The first-order valence-corrected chi connectivity index (χ1v) is 11.2. The first-order chi connectivity index (χ1) is 17.2. The summed E-state index contributed by atoms with van der Waals surface area (Å²) in [6, 6.07) is 7.78. The van der Waals surface area contributed by atoms with E-state index in [4.69, 9.17) is 19.2 Å². The topological polar surface area (TPSA) is 115 Å². The summed E-state index contributed by atoms with van der Waals surface area (Å²) < 4.78 is 18.4. The highest BCUT2D eigenvalue weighted by atomic mass is 16.5. The highest BCUT2D eigenvalue weighted by Gasteiger charge is 2.20. The molecule has 1 aromatic carbocycles. The Morgan fingerprint density at radius 3 is 2.91 bits per heavy atom. The number of anilines is 4. The minimum absolute atomic E-state index is 0.0412. The van der Waals surface area contributed by atoms with E-state index in [1.165, 1.54) is 0 Å². The average molecular weight is 473 g/mol. The minimum Gasteiger partial charge on any atom is -0.495 e. The van der Waals surface area contributed by atoms with Crippen LogP contribution in [0.5, 0.6) is 11.6 Å². The number of pyridine rings is 1. The van der Waals surface area contributed by atoms with Crippen LogP contribution in [0.15, 0.2) is 49.1 Å². The Labute approximate surface area is 200 Å². The van der Waals surface area contributed by atoms with Crippen molar-refractivity contribution in [1.29, 1.82) is 0 Å². The molecule has 11 heteroatoms. The van der Waals surface area contributed by atoms with Crippen molar-refractivity contribution in [2.45, 2.75) is 0 Å². The molecule has 11 nitrogen and oxygen atoms in total. The fourth-order valence-corrected chi connectivity index (χ4v) is 4.23. The number of methoxy groups -OCH3 is 1. The van der Waals surface area contributed by atoms with Gasteiger partial charge in [-0.1, -0.05) is 0 Å². The van der Waals surface area contributed by atoms with Gasteiger partial charge in [0.15, 0.2) is 18.1 Å². The second-order valence-corrected chi connectivity index (χ2v) is 8.16. The van der Waals surface area contributed by atoms with Crippen molar-refractivity contribution in [1.82, 2.24) is 19.4 Å². The number of nitrogens with zero attached hydrogens (tertiary/aromatic N) is 5. The normalized spacial score (nSPS) is 15.3. The van der Waals surface area contributed by atoms with Crippen LogP contribution < -0.4 is 25.0 Å². The number of aromatic nitrogens is 4. The summed E-state index contributed by atoms with van der Waals surface area (Å²) in [6.07, 6.45) is 7.10. The Hall–Kier alpha value is -4.38. The summed E-state index contributed by atoms with van der Waals surface area (Å²) in [6.45, 7) is 3.00. The Morgan fingerprint density at radius 2 is 2.06 bits per heavy atom. The van der Waals surface area contributed by atoms with Crippen LogP contribution in [0.4, 0.5) is 22.9 Å². The van der Waals surface area contributed by atoms with Crippen LogP contribution in [0, 0.1) is 0 Å². The van der Waals surface area contributed by atoms with Gasteiger partial charge in [-0.15, -0.1) is 0 Å². The van der Waals surface area contributed by atoms with E-state index in [-0.39, 0.29) is 12.5 Å². The monoisotopic (exact) mass is 473 g/mol. The van der Waals surface area contributed by atoms with Gasteiger partial charge >= 0.3 is 0 Å². The molecule has 0 atom stereocenters. The van der Waals surface area contributed by atoms with E-state index in [1.54, 1.807) is 25.6 Å². The van der Waals surface area contributed by atoms with E-state index in [1.807, 2.05) is 35.0 Å². The molecule has 3 aromatic heterocycles. The molecular formula is C24H23N7O4. The number of hydrogen-bond donors (Lipinski definition) is 2. The lowest BCUT2D eigenvalue weighted by molar-refractivity contribution is -0.118. The van der Waals surface area contributed by atoms with Gasteiger partial charge in [-0.3, -0.25) is 4.79 Å². The maximum atomic E-state index is 11.7. The maximum Gasteiger partial charge on any atom is 0.262 e. The van der Waals surface area contributed by atoms with Crippen LogP contribution in [0.1, 0.15) is 0 Å². The number of nitrogens with one attached hydrogen (secondary N) is 2. The van der Waals surface area contributed by atoms with Gasteiger partial charge in [-0.05, 0) is 18.2 Å². The maximum absolute atomic E-state index is 11.7. The van der Waals surface area contributed by atoms with Crippen molar-refractivity contribution in [2.75, 3.05) is 55.6 Å². The number of ether oxygens (including phenoxy) is 3. The third-order valence-corrected chi connectivity index (χ3v) is 5.93. The summed E-state index contributed by atoms with van der Waals surface area (Å²) in [4.78, 5) is 27.6. The third kappa shape index (κ3) is 4.06. The summed E-state index contributed by atoms with van der Waals surface area (Å²) >= 11 is 0. The lowest BCUT2D eigenvalue weighted by Gasteiger charge is -2.30. The van der Waals surface area contributed by atoms with Crippen LogP contribution in [-0.4, -0.2) is 65.3 Å². The Kier molecular flexibility index (Phi) is 5.30. The molecule has 6 rings (SSSR count). The van der Waals surface area contributed by atoms with Gasteiger partial charge in [0.25, 0.3) is 5.91 Å². The number of carbonyl (C=O) groups is 1. The molecule has 2 aliphatic heterocycles. The van der Waals surface area contributed by atoms with E-state index >= 15 is 0 Å². The highest BCUT2D eigenvalue weighted by molar-refractivity contribution is 5.95. The summed E-state index contributed by atoms with van der Waals surface area (Å²) in [7, 11) is 1.67. The first kappa shape index (κ1) is 21.2. The van der Waals surface area contributed by atoms with Gasteiger partial charge in [0, 0.05) is 55.2 Å². The molecule has 2 aliphatic rings. The average Bonchev–Trinajstić information content (AvgIpc) is 3.38. The summed E-state index contributed by atoms with van der Waals surface area (Å²) in [5, 5.41) is 6.17. The molecular weight excluding hydrogens is 450 g/mol. The Bertz CT molecular complexity index is 1410. The smallest absolute Gasteiger partial charge is 0.262 e. The summed E-state index contributed by atoms with van der Waals surface area (Å²) in [5.74, 6) is 1.52. The van der Waals surface area contributed by atoms with Crippen molar-refractivity contribution in [3.05, 3.63) is 49.1 Å². The van der Waals surface area contributed by atoms with Gasteiger partial charge in [0.2, 0.25) is 5.88 Å². The molecule has 5 heterocycles. The van der Waals surface area contributed by atoms with Gasteiger partial charge < -0.3 is 34.1 Å². The Morgan fingerprint density at radius 1 is 1.17 bits per heavy atom. The van der Waals surface area contributed by atoms with E-state index in [2.05, 4.69) is 25.5 Å². The number of rotatable bonds is 5. The van der Waals surface area contributed by atoms with Crippen LogP contribution >= 0.6 is 0 Å². The molecule has 0 bridgehead atoms. The lowest BCUT2D eigenvalue weighted by atomic mass is 10.2. The minimum atomic E-state index is -0.216. The number of amides is 1. The molecule has 0 aliphatic carbocycles. The molecule has 0 unspecified atom stereocenters. The fourth-order valence-electron chi connectivity index (χ4n) is 4.23. The number of imidazole rings is 1. The molecule has 1 saturated heterocycles. The largest absolute Gasteiger partial charge is 0.495 e. The van der Waals surface area contributed by atoms with Crippen molar-refractivity contribution >= 4 is 34.4 Å². The molecule has 178 valence electrons. The van der Waals surface area contributed by atoms with Crippen LogP contribution in [0.2, 0.25) is 0 Å². The molecule has 2 N–H and O–H groups in total. The molecule has 4 aromatic rings. The second kappa shape index (κ2) is 8.76. The van der Waals surface area contributed by atoms with Crippen LogP contribution in [0.3, 0.4) is 0 Å². The highest BCUT2D eigenvalue weighted by Crippen LogP contribution is 2.34. The number of carbonyl (C=O) groups excluding carboxylic acids is 1.